The molecular formula is C12H25ClN2O. The van der Waals surface area contributed by atoms with Gasteiger partial charge in [-0.3, -0.25) is 0 Å². The van der Waals surface area contributed by atoms with Crippen molar-refractivity contribution in [3.05, 3.63) is 0 Å². The number of piperidine rings is 1. The minimum Gasteiger partial charge on any atom is -0.377 e. The van der Waals surface area contributed by atoms with Crippen LogP contribution in [0.25, 0.3) is 0 Å². The van der Waals surface area contributed by atoms with E-state index < -0.39 is 0 Å². The first-order valence-electron chi connectivity index (χ1n) is 6.35. The van der Waals surface area contributed by atoms with Crippen molar-refractivity contribution in [2.24, 2.45) is 5.92 Å². The van der Waals surface area contributed by atoms with Crippen LogP contribution in [-0.4, -0.2) is 50.8 Å². The van der Waals surface area contributed by atoms with E-state index in [2.05, 4.69) is 17.3 Å². The van der Waals surface area contributed by atoms with E-state index in [-0.39, 0.29) is 12.4 Å². The quantitative estimate of drug-likeness (QED) is 0.817. The van der Waals surface area contributed by atoms with Crippen LogP contribution in [0.5, 0.6) is 0 Å². The average molecular weight is 249 g/mol. The molecule has 2 aliphatic rings. The molecule has 0 saturated carbocycles. The second-order valence-electron chi connectivity index (χ2n) is 5.05. The van der Waals surface area contributed by atoms with E-state index in [1.54, 1.807) is 0 Å². The van der Waals surface area contributed by atoms with E-state index >= 15 is 0 Å². The summed E-state index contributed by atoms with van der Waals surface area (Å²) in [5, 5.41) is 3.42. The minimum absolute atomic E-state index is 0. The first-order chi connectivity index (χ1) is 7.34. The van der Waals surface area contributed by atoms with Crippen LogP contribution in [0.1, 0.15) is 25.7 Å². The Balaban J connectivity index is 0.00000128. The summed E-state index contributed by atoms with van der Waals surface area (Å²) in [6.07, 6.45) is 5.71. The molecule has 2 saturated heterocycles. The zero-order valence-electron chi connectivity index (χ0n) is 10.3. The third-order valence-corrected chi connectivity index (χ3v) is 3.57. The summed E-state index contributed by atoms with van der Waals surface area (Å²) >= 11 is 0. The molecule has 2 rings (SSSR count). The third kappa shape index (κ3) is 4.58. The van der Waals surface area contributed by atoms with Crippen LogP contribution in [0.4, 0.5) is 0 Å². The summed E-state index contributed by atoms with van der Waals surface area (Å²) in [7, 11) is 2.24. The molecule has 1 N–H and O–H groups in total. The Bertz CT molecular complexity index is 180. The van der Waals surface area contributed by atoms with Gasteiger partial charge in [-0.15, -0.1) is 12.4 Å². The number of halogens is 1. The Morgan fingerprint density at radius 1 is 1.19 bits per heavy atom. The summed E-state index contributed by atoms with van der Waals surface area (Å²) < 4.78 is 5.66. The van der Waals surface area contributed by atoms with Gasteiger partial charge in [0.1, 0.15) is 0 Å². The normalized spacial score (nSPS) is 27.0. The molecule has 0 aliphatic carbocycles. The Kier molecular flexibility index (Phi) is 6.66. The maximum atomic E-state index is 5.66. The lowest BCUT2D eigenvalue weighted by Crippen LogP contribution is -2.37. The Hall–Kier alpha value is 0.170. The van der Waals surface area contributed by atoms with Crippen molar-refractivity contribution in [2.75, 3.05) is 39.8 Å². The lowest BCUT2D eigenvalue weighted by molar-refractivity contribution is 0.0748. The number of hydrogen-bond donors (Lipinski definition) is 1. The van der Waals surface area contributed by atoms with Crippen molar-refractivity contribution in [3.63, 3.8) is 0 Å². The summed E-state index contributed by atoms with van der Waals surface area (Å²) in [6.45, 7) is 5.77. The van der Waals surface area contributed by atoms with Gasteiger partial charge in [0.15, 0.2) is 0 Å². The topological polar surface area (TPSA) is 24.5 Å². The van der Waals surface area contributed by atoms with E-state index in [1.165, 1.54) is 45.3 Å². The van der Waals surface area contributed by atoms with Crippen molar-refractivity contribution in [3.8, 4) is 0 Å². The first kappa shape index (κ1) is 14.2. The van der Waals surface area contributed by atoms with Crippen molar-refractivity contribution in [1.82, 2.24) is 10.2 Å². The van der Waals surface area contributed by atoms with Crippen molar-refractivity contribution >= 4 is 12.4 Å². The molecule has 0 radical (unpaired) electrons. The van der Waals surface area contributed by atoms with Crippen LogP contribution in [-0.2, 0) is 4.74 Å². The van der Waals surface area contributed by atoms with Crippen LogP contribution in [0.3, 0.4) is 0 Å². The third-order valence-electron chi connectivity index (χ3n) is 3.57. The molecule has 0 spiro atoms. The monoisotopic (exact) mass is 248 g/mol. The molecule has 16 heavy (non-hydrogen) atoms. The molecular weight excluding hydrogens is 224 g/mol. The van der Waals surface area contributed by atoms with Gasteiger partial charge in [-0.1, -0.05) is 0 Å². The maximum absolute atomic E-state index is 5.66. The zero-order chi connectivity index (χ0) is 10.5. The molecule has 1 unspecified atom stereocenters. The Morgan fingerprint density at radius 2 is 1.94 bits per heavy atom. The Labute approximate surface area is 105 Å². The predicted molar refractivity (Wildman–Crippen MR) is 69.3 cm³/mol. The molecule has 0 aromatic heterocycles. The van der Waals surface area contributed by atoms with E-state index in [9.17, 15) is 0 Å². The van der Waals surface area contributed by atoms with Crippen LogP contribution < -0.4 is 5.32 Å². The fourth-order valence-corrected chi connectivity index (χ4v) is 2.72. The molecule has 96 valence electrons. The summed E-state index contributed by atoms with van der Waals surface area (Å²) in [4.78, 5) is 2.46. The molecule has 2 fully saturated rings. The first-order valence-corrected chi connectivity index (χ1v) is 6.35. The van der Waals surface area contributed by atoms with Gasteiger partial charge in [-0.05, 0) is 51.7 Å². The number of hydrogen-bond acceptors (Lipinski definition) is 3. The maximum Gasteiger partial charge on any atom is 0.0702 e. The van der Waals surface area contributed by atoms with E-state index in [4.69, 9.17) is 4.74 Å². The molecule has 0 aromatic carbocycles. The van der Waals surface area contributed by atoms with Gasteiger partial charge in [0, 0.05) is 19.7 Å². The predicted octanol–water partition coefficient (Wildman–Crippen LogP) is 1.52. The largest absolute Gasteiger partial charge is 0.377 e. The second-order valence-corrected chi connectivity index (χ2v) is 5.05. The molecule has 0 aromatic rings. The molecule has 0 amide bonds. The van der Waals surface area contributed by atoms with E-state index in [0.29, 0.717) is 6.10 Å². The summed E-state index contributed by atoms with van der Waals surface area (Å²) in [5.74, 6) is 0.901. The molecule has 1 atom stereocenters. The van der Waals surface area contributed by atoms with Crippen molar-refractivity contribution in [1.29, 1.82) is 0 Å². The van der Waals surface area contributed by atoms with Gasteiger partial charge in [-0.25, -0.2) is 0 Å². The van der Waals surface area contributed by atoms with Crippen LogP contribution in [0.2, 0.25) is 0 Å². The van der Waals surface area contributed by atoms with Gasteiger partial charge >= 0.3 is 0 Å². The fraction of sp³-hybridized carbons (Fsp3) is 1.00. The van der Waals surface area contributed by atoms with Crippen LogP contribution in [0.15, 0.2) is 0 Å². The molecule has 2 aliphatic heterocycles. The molecule has 2 heterocycles. The van der Waals surface area contributed by atoms with Gasteiger partial charge < -0.3 is 15.0 Å². The lowest BCUT2D eigenvalue weighted by Gasteiger charge is -2.28. The second kappa shape index (κ2) is 7.49. The standard InChI is InChI=1S/C12H24N2O.ClH/c1-14(10-12-3-2-8-15-12)9-11-4-6-13-7-5-11;/h11-13H,2-10H2,1H3;1H. The average Bonchev–Trinajstić information content (AvgIpc) is 2.71. The highest BCUT2D eigenvalue weighted by atomic mass is 35.5. The van der Waals surface area contributed by atoms with Crippen LogP contribution >= 0.6 is 12.4 Å². The van der Waals surface area contributed by atoms with Crippen LogP contribution in [0, 0.1) is 5.92 Å². The fourth-order valence-electron chi connectivity index (χ4n) is 2.72. The van der Waals surface area contributed by atoms with Gasteiger partial charge in [-0.2, -0.15) is 0 Å². The number of rotatable bonds is 4. The number of ether oxygens (including phenoxy) is 1. The smallest absolute Gasteiger partial charge is 0.0702 e. The summed E-state index contributed by atoms with van der Waals surface area (Å²) in [6, 6.07) is 0. The molecule has 0 bridgehead atoms. The highest BCUT2D eigenvalue weighted by Crippen LogP contribution is 2.16. The highest BCUT2D eigenvalue weighted by molar-refractivity contribution is 5.85. The minimum atomic E-state index is 0. The molecule has 3 nitrogen and oxygen atoms in total. The lowest BCUT2D eigenvalue weighted by atomic mass is 9.97. The van der Waals surface area contributed by atoms with E-state index in [0.717, 1.165) is 19.1 Å². The van der Waals surface area contributed by atoms with Gasteiger partial charge in [0.2, 0.25) is 0 Å². The van der Waals surface area contributed by atoms with Crippen molar-refractivity contribution < 1.29 is 4.74 Å². The Morgan fingerprint density at radius 3 is 2.56 bits per heavy atom. The summed E-state index contributed by atoms with van der Waals surface area (Å²) in [5.41, 5.74) is 0. The van der Waals surface area contributed by atoms with E-state index in [1.807, 2.05) is 0 Å². The zero-order valence-corrected chi connectivity index (χ0v) is 11.1. The van der Waals surface area contributed by atoms with Gasteiger partial charge in [0.25, 0.3) is 0 Å². The highest BCUT2D eigenvalue weighted by Gasteiger charge is 2.20. The molecule has 4 heteroatoms. The van der Waals surface area contributed by atoms with Gasteiger partial charge in [0.05, 0.1) is 6.10 Å². The number of nitrogens with zero attached hydrogens (tertiary/aromatic N) is 1. The number of likely N-dealkylation sites (N-methyl/N-ethyl adjacent to an activating group) is 1. The SMILES string of the molecule is CN(CC1CCNCC1)CC1CCCO1.Cl. The number of nitrogens with one attached hydrogen (secondary N) is 1. The van der Waals surface area contributed by atoms with Crippen molar-refractivity contribution in [2.45, 2.75) is 31.8 Å².